The van der Waals surface area contributed by atoms with Crippen LogP contribution in [-0.4, -0.2) is 10.1 Å². The van der Waals surface area contributed by atoms with E-state index in [-0.39, 0.29) is 22.5 Å². The van der Waals surface area contributed by atoms with E-state index >= 15 is 0 Å². The molecule has 3 rings (SSSR count). The predicted molar refractivity (Wildman–Crippen MR) is 76.4 cm³/mol. The highest BCUT2D eigenvalue weighted by atomic mass is 19.4. The van der Waals surface area contributed by atoms with E-state index < -0.39 is 11.7 Å². The van der Waals surface area contributed by atoms with Crippen molar-refractivity contribution < 1.29 is 17.7 Å². The van der Waals surface area contributed by atoms with E-state index in [1.54, 1.807) is 12.1 Å². The quantitative estimate of drug-likeness (QED) is 0.684. The molecular formula is C16H13F3N2O. The second kappa shape index (κ2) is 5.12. The number of hydrogen-bond acceptors (Lipinski definition) is 3. The standard InChI is InChI=1S/C16H13F3N2O/c1-3-10-4-6-11(7-5-10)13-8-12(16(17,18)19)14-9(2)21-22-15(14)20-13/h4-8H,3H2,1-2H3. The van der Waals surface area contributed by atoms with Crippen LogP contribution in [0, 0.1) is 6.92 Å². The Morgan fingerprint density at radius 1 is 1.14 bits per heavy atom. The molecule has 6 heteroatoms. The van der Waals surface area contributed by atoms with Crippen molar-refractivity contribution in [3.05, 3.63) is 47.2 Å². The Morgan fingerprint density at radius 3 is 2.41 bits per heavy atom. The minimum atomic E-state index is -4.49. The maximum atomic E-state index is 13.3. The molecule has 0 saturated carbocycles. The number of rotatable bonds is 2. The van der Waals surface area contributed by atoms with Crippen molar-refractivity contribution in [1.82, 2.24) is 10.1 Å². The first kappa shape index (κ1) is 14.6. The van der Waals surface area contributed by atoms with Crippen molar-refractivity contribution in [3.8, 4) is 11.3 Å². The molecule has 22 heavy (non-hydrogen) atoms. The minimum Gasteiger partial charge on any atom is -0.336 e. The van der Waals surface area contributed by atoms with Crippen LogP contribution >= 0.6 is 0 Å². The van der Waals surface area contributed by atoms with Crippen molar-refractivity contribution in [2.75, 3.05) is 0 Å². The van der Waals surface area contributed by atoms with Gasteiger partial charge in [0.05, 0.1) is 22.3 Å². The van der Waals surface area contributed by atoms with E-state index in [4.69, 9.17) is 4.52 Å². The summed E-state index contributed by atoms with van der Waals surface area (Å²) < 4.78 is 44.8. The van der Waals surface area contributed by atoms with Gasteiger partial charge in [-0.2, -0.15) is 13.2 Å². The molecule has 0 N–H and O–H groups in total. The van der Waals surface area contributed by atoms with Gasteiger partial charge in [0, 0.05) is 5.56 Å². The molecule has 0 aliphatic rings. The first-order valence-corrected chi connectivity index (χ1v) is 6.83. The van der Waals surface area contributed by atoms with Crippen molar-refractivity contribution in [2.45, 2.75) is 26.4 Å². The van der Waals surface area contributed by atoms with Crippen molar-refractivity contribution in [3.63, 3.8) is 0 Å². The first-order valence-electron chi connectivity index (χ1n) is 6.83. The van der Waals surface area contributed by atoms with Crippen LogP contribution in [0.3, 0.4) is 0 Å². The fraction of sp³-hybridized carbons (Fsp3) is 0.250. The van der Waals surface area contributed by atoms with Crippen molar-refractivity contribution in [1.29, 1.82) is 0 Å². The van der Waals surface area contributed by atoms with Crippen LogP contribution in [0.1, 0.15) is 23.7 Å². The van der Waals surface area contributed by atoms with Crippen LogP contribution in [0.4, 0.5) is 13.2 Å². The number of nitrogens with zero attached hydrogens (tertiary/aromatic N) is 2. The summed E-state index contributed by atoms with van der Waals surface area (Å²) in [6.45, 7) is 3.48. The molecule has 0 aliphatic carbocycles. The summed E-state index contributed by atoms with van der Waals surface area (Å²) in [6, 6.07) is 8.32. The molecule has 0 bridgehead atoms. The Hall–Kier alpha value is -2.37. The zero-order valence-electron chi connectivity index (χ0n) is 12.0. The number of alkyl halides is 3. The summed E-state index contributed by atoms with van der Waals surface area (Å²) >= 11 is 0. The largest absolute Gasteiger partial charge is 0.417 e. The van der Waals surface area contributed by atoms with E-state index in [0.717, 1.165) is 18.1 Å². The molecule has 0 fully saturated rings. The first-order chi connectivity index (χ1) is 10.4. The molecule has 2 aromatic heterocycles. The van der Waals surface area contributed by atoms with Crippen LogP contribution in [-0.2, 0) is 12.6 Å². The lowest BCUT2D eigenvalue weighted by Crippen LogP contribution is -2.07. The Bertz CT molecular complexity index is 820. The van der Waals surface area contributed by atoms with Crippen molar-refractivity contribution in [2.24, 2.45) is 0 Å². The van der Waals surface area contributed by atoms with Gasteiger partial charge in [-0.25, -0.2) is 4.98 Å². The third kappa shape index (κ3) is 2.45. The SMILES string of the molecule is CCc1ccc(-c2cc(C(F)(F)F)c3c(C)noc3n2)cc1. The highest BCUT2D eigenvalue weighted by Gasteiger charge is 2.35. The van der Waals surface area contributed by atoms with E-state index in [0.29, 0.717) is 5.56 Å². The second-order valence-corrected chi connectivity index (χ2v) is 5.05. The molecule has 114 valence electrons. The number of aromatic nitrogens is 2. The maximum Gasteiger partial charge on any atom is 0.417 e. The summed E-state index contributed by atoms with van der Waals surface area (Å²) in [5.74, 6) is 0. The molecule has 2 heterocycles. The van der Waals surface area contributed by atoms with Crippen LogP contribution in [0.5, 0.6) is 0 Å². The van der Waals surface area contributed by atoms with Gasteiger partial charge in [0.2, 0.25) is 0 Å². The van der Waals surface area contributed by atoms with Gasteiger partial charge in [-0.3, -0.25) is 0 Å². The number of benzene rings is 1. The van der Waals surface area contributed by atoms with Gasteiger partial charge in [0.15, 0.2) is 0 Å². The lowest BCUT2D eigenvalue weighted by molar-refractivity contribution is -0.136. The average Bonchev–Trinajstić information content (AvgIpc) is 2.87. The number of aryl methyl sites for hydroxylation is 2. The molecule has 0 saturated heterocycles. The topological polar surface area (TPSA) is 38.9 Å². The molecule has 0 atom stereocenters. The van der Waals surface area contributed by atoms with Crippen molar-refractivity contribution >= 4 is 11.1 Å². The Kier molecular flexibility index (Phi) is 3.39. The molecule has 0 amide bonds. The summed E-state index contributed by atoms with van der Waals surface area (Å²) in [5, 5.41) is 3.51. The average molecular weight is 306 g/mol. The number of halogens is 3. The summed E-state index contributed by atoms with van der Waals surface area (Å²) in [6.07, 6.45) is -3.63. The Morgan fingerprint density at radius 2 is 1.82 bits per heavy atom. The fourth-order valence-corrected chi connectivity index (χ4v) is 2.38. The number of pyridine rings is 1. The smallest absolute Gasteiger partial charge is 0.336 e. The molecule has 1 aromatic carbocycles. The lowest BCUT2D eigenvalue weighted by atomic mass is 10.0. The fourth-order valence-electron chi connectivity index (χ4n) is 2.38. The lowest BCUT2D eigenvalue weighted by Gasteiger charge is -2.10. The normalized spacial score (nSPS) is 12.0. The van der Waals surface area contributed by atoms with E-state index in [9.17, 15) is 13.2 Å². The van der Waals surface area contributed by atoms with E-state index in [2.05, 4.69) is 10.1 Å². The summed E-state index contributed by atoms with van der Waals surface area (Å²) in [5.41, 5.74) is 1.25. The maximum absolute atomic E-state index is 13.3. The Balaban J connectivity index is 2.22. The highest BCUT2D eigenvalue weighted by Crippen LogP contribution is 2.37. The molecule has 0 aliphatic heterocycles. The molecular weight excluding hydrogens is 293 g/mol. The number of fused-ring (bicyclic) bond motifs is 1. The van der Waals surface area contributed by atoms with Gasteiger partial charge < -0.3 is 4.52 Å². The molecule has 3 nitrogen and oxygen atoms in total. The van der Waals surface area contributed by atoms with Crippen LogP contribution in [0.25, 0.3) is 22.4 Å². The predicted octanol–water partition coefficient (Wildman–Crippen LogP) is 4.78. The molecule has 0 radical (unpaired) electrons. The van der Waals surface area contributed by atoms with E-state index in [1.165, 1.54) is 6.92 Å². The van der Waals surface area contributed by atoms with Gasteiger partial charge in [0.25, 0.3) is 5.71 Å². The monoisotopic (exact) mass is 306 g/mol. The van der Waals surface area contributed by atoms with Crippen LogP contribution in [0.15, 0.2) is 34.9 Å². The van der Waals surface area contributed by atoms with Gasteiger partial charge >= 0.3 is 6.18 Å². The third-order valence-corrected chi connectivity index (χ3v) is 3.58. The minimum absolute atomic E-state index is 0.0820. The highest BCUT2D eigenvalue weighted by molar-refractivity contribution is 5.83. The van der Waals surface area contributed by atoms with Gasteiger partial charge in [0.1, 0.15) is 0 Å². The van der Waals surface area contributed by atoms with Gasteiger partial charge in [-0.1, -0.05) is 36.3 Å². The van der Waals surface area contributed by atoms with E-state index in [1.807, 2.05) is 19.1 Å². The zero-order chi connectivity index (χ0) is 15.9. The third-order valence-electron chi connectivity index (χ3n) is 3.58. The molecule has 0 unspecified atom stereocenters. The molecule has 0 spiro atoms. The van der Waals surface area contributed by atoms with Gasteiger partial charge in [-0.05, 0) is 25.0 Å². The Labute approximate surface area is 124 Å². The summed E-state index contributed by atoms with van der Waals surface area (Å²) in [7, 11) is 0. The number of hydrogen-bond donors (Lipinski definition) is 0. The molecule has 3 aromatic rings. The zero-order valence-corrected chi connectivity index (χ0v) is 12.0. The second-order valence-electron chi connectivity index (χ2n) is 5.05. The summed E-state index contributed by atoms with van der Waals surface area (Å²) in [4.78, 5) is 4.17. The van der Waals surface area contributed by atoms with Crippen LogP contribution in [0.2, 0.25) is 0 Å². The van der Waals surface area contributed by atoms with Crippen LogP contribution < -0.4 is 0 Å². The van der Waals surface area contributed by atoms with Gasteiger partial charge in [-0.15, -0.1) is 0 Å².